The van der Waals surface area contributed by atoms with Crippen molar-refractivity contribution in [3.8, 4) is 67.3 Å². The van der Waals surface area contributed by atoms with Crippen molar-refractivity contribution < 1.29 is 27.9 Å². The highest BCUT2D eigenvalue weighted by atomic mass is 14.9. The molecular weight excluding hydrogens is 993 g/mol. The Kier molecular flexibility index (Phi) is 19.3. The van der Waals surface area contributed by atoms with E-state index in [1.807, 2.05) is 6.92 Å². The lowest BCUT2D eigenvalue weighted by Gasteiger charge is -2.09. The van der Waals surface area contributed by atoms with Crippen LogP contribution in [0.5, 0.6) is 0 Å². The van der Waals surface area contributed by atoms with Crippen LogP contribution in [0.1, 0.15) is 119 Å². The van der Waals surface area contributed by atoms with E-state index in [-0.39, 0.29) is 41.7 Å². The van der Waals surface area contributed by atoms with Gasteiger partial charge in [0.05, 0.1) is 0 Å². The van der Waals surface area contributed by atoms with Gasteiger partial charge in [-0.05, 0) is 174 Å². The van der Waals surface area contributed by atoms with Gasteiger partial charge in [-0.2, -0.15) is 0 Å². The molecule has 6 aromatic carbocycles. The number of rotatable bonds is 6. The van der Waals surface area contributed by atoms with Crippen LogP contribution in [0.3, 0.4) is 0 Å². The smallest absolute Gasteiger partial charge is 0.201 e. The van der Waals surface area contributed by atoms with Gasteiger partial charge in [-0.25, -0.2) is 18.3 Å². The second-order valence-corrected chi connectivity index (χ2v) is 21.2. The molecule has 4 aromatic heterocycles. The molecule has 4 heteroatoms. The molecule has 0 N–H and O–H groups in total. The quantitative estimate of drug-likeness (QED) is 0.148. The summed E-state index contributed by atoms with van der Waals surface area (Å²) in [5, 5.41) is 0. The maximum absolute atomic E-state index is 8.17. The van der Waals surface area contributed by atoms with Gasteiger partial charge in [-0.15, -0.1) is 0 Å². The molecule has 0 saturated heterocycles. The molecule has 0 bridgehead atoms. The molecule has 0 unspecified atom stereocenters. The Labute approximate surface area is 506 Å². The van der Waals surface area contributed by atoms with E-state index in [1.165, 1.54) is 114 Å². The van der Waals surface area contributed by atoms with E-state index in [1.54, 1.807) is 47.6 Å². The number of nitrogens with zero attached hydrogens (tertiary/aromatic N) is 4. The molecular formula is C78H96N4+4. The fraction of sp³-hybridized carbons (Fsp3) is 0.282. The Bertz CT molecular complexity index is 3940. The lowest BCUT2D eigenvalue weighted by molar-refractivity contribution is -0.661. The largest absolute Gasteiger partial charge is 0.212 e. The van der Waals surface area contributed by atoms with E-state index in [2.05, 4.69) is 241 Å². The zero-order chi connectivity index (χ0) is 61.1. The Morgan fingerprint density at radius 1 is 0.317 bits per heavy atom. The third-order valence-electron chi connectivity index (χ3n) is 15.3. The molecule has 0 spiro atoms. The molecule has 82 heavy (non-hydrogen) atoms. The molecule has 4 heterocycles. The van der Waals surface area contributed by atoms with Crippen molar-refractivity contribution in [1.29, 1.82) is 0 Å². The van der Waals surface area contributed by atoms with Crippen LogP contribution in [0.25, 0.3) is 67.3 Å². The van der Waals surface area contributed by atoms with E-state index in [0.717, 1.165) is 16.8 Å². The molecule has 0 saturated carbocycles. The van der Waals surface area contributed by atoms with Crippen molar-refractivity contribution in [2.75, 3.05) is 0 Å². The van der Waals surface area contributed by atoms with Crippen LogP contribution >= 0.6 is 0 Å². The zero-order valence-corrected chi connectivity index (χ0v) is 47.6. The van der Waals surface area contributed by atoms with E-state index in [4.69, 9.17) is 9.60 Å². The van der Waals surface area contributed by atoms with E-state index >= 15 is 0 Å². The van der Waals surface area contributed by atoms with Crippen LogP contribution in [0, 0.1) is 55.3 Å². The van der Waals surface area contributed by atoms with Crippen molar-refractivity contribution in [1.82, 2.24) is 0 Å². The number of benzene rings is 6. The lowest BCUT2D eigenvalue weighted by Crippen LogP contribution is -2.31. The summed E-state index contributed by atoms with van der Waals surface area (Å²) in [6.45, 7) is 12.7. The van der Waals surface area contributed by atoms with E-state index in [9.17, 15) is 0 Å². The topological polar surface area (TPSA) is 15.5 Å². The normalized spacial score (nSPS) is 14.1. The summed E-state index contributed by atoms with van der Waals surface area (Å²) < 4.78 is 63.6. The van der Waals surface area contributed by atoms with Gasteiger partial charge in [-0.3, -0.25) is 0 Å². The third kappa shape index (κ3) is 14.9. The van der Waals surface area contributed by atoms with E-state index in [0.29, 0.717) is 11.1 Å². The first-order chi connectivity index (χ1) is 40.3. The molecule has 10 aromatic rings. The van der Waals surface area contributed by atoms with Gasteiger partial charge in [0.25, 0.3) is 0 Å². The monoisotopic (exact) mass is 1100 g/mol. The lowest BCUT2D eigenvalue weighted by atomic mass is 9.98. The van der Waals surface area contributed by atoms with Crippen molar-refractivity contribution in [2.45, 2.75) is 123 Å². The molecule has 0 radical (unpaired) electrons. The molecule has 0 fully saturated rings. The first-order valence-electron chi connectivity index (χ1n) is 30.8. The van der Waals surface area contributed by atoms with Gasteiger partial charge < -0.3 is 0 Å². The second kappa shape index (κ2) is 29.1. The Balaban J connectivity index is 0.000000214. The first-order valence-corrected chi connectivity index (χ1v) is 27.3. The maximum Gasteiger partial charge on any atom is 0.212 e. The highest BCUT2D eigenvalue weighted by Gasteiger charge is 2.23. The Morgan fingerprint density at radius 2 is 0.683 bits per heavy atom. The van der Waals surface area contributed by atoms with Crippen molar-refractivity contribution in [3.63, 3.8) is 0 Å². The van der Waals surface area contributed by atoms with Crippen molar-refractivity contribution in [2.24, 2.45) is 28.2 Å². The minimum Gasteiger partial charge on any atom is -0.201 e. The first kappa shape index (κ1) is 54.5. The number of hydrogen-bond donors (Lipinski definition) is 0. The van der Waals surface area contributed by atoms with Crippen LogP contribution in [-0.2, 0) is 53.8 Å². The molecule has 0 aliphatic heterocycles. The SMILES string of the molecule is C.C.C.C.Cc1cc(-c2ccccc2C)[n+](C)cc1-c1ccccc1.Cc1cc(-c2ccccc2C)[n+](C)cc1-c1ccccc1.Cc1ccc(-c2cc3c(c[n+]2C)CCC3)c(C)c1.[2H]C([2H])([2H])c1ccc(-c2cc3c(c[n+]2C)C([2H])([2H])CC3([2H])[2H])c(C)c1. The highest BCUT2D eigenvalue weighted by molar-refractivity contribution is 5.71. The summed E-state index contributed by atoms with van der Waals surface area (Å²) in [6.07, 6.45) is 8.60. The summed E-state index contributed by atoms with van der Waals surface area (Å²) in [6, 6.07) is 58.5. The summed E-state index contributed by atoms with van der Waals surface area (Å²) in [5.74, 6) is 0. The van der Waals surface area contributed by atoms with Crippen LogP contribution in [0.15, 0.2) is 195 Å². The van der Waals surface area contributed by atoms with Gasteiger partial charge in [0.1, 0.15) is 28.2 Å². The highest BCUT2D eigenvalue weighted by Crippen LogP contribution is 2.31. The molecule has 0 amide bonds. The minimum atomic E-state index is -2.17. The van der Waals surface area contributed by atoms with E-state index < -0.39 is 19.6 Å². The number of hydrogen-bond acceptors (Lipinski definition) is 0. The van der Waals surface area contributed by atoms with Gasteiger partial charge in [0, 0.05) is 78.4 Å². The molecule has 0 atom stereocenters. The number of pyridine rings is 4. The number of fused-ring (bicyclic) bond motifs is 2. The zero-order valence-electron chi connectivity index (χ0n) is 54.6. The summed E-state index contributed by atoms with van der Waals surface area (Å²) >= 11 is 0. The Hall–Kier alpha value is -8.08. The molecule has 12 rings (SSSR count). The van der Waals surface area contributed by atoms with Crippen molar-refractivity contribution >= 4 is 0 Å². The number of aryl methyl sites for hydroxylation is 16. The molecule has 4 nitrogen and oxygen atoms in total. The van der Waals surface area contributed by atoms with Gasteiger partial charge in [0.15, 0.2) is 24.8 Å². The van der Waals surface area contributed by atoms with Gasteiger partial charge in [-0.1, -0.05) is 162 Å². The van der Waals surface area contributed by atoms with Gasteiger partial charge in [0.2, 0.25) is 22.8 Å². The summed E-state index contributed by atoms with van der Waals surface area (Å²) in [7, 11) is 8.19. The standard InChI is InChI=1S/2C20H20N.2C17H20N.4CH4/c2*1-15-9-7-8-12-18(15)20-13-16(2)19(14-21(20)3)17-10-5-4-6-11-17;2*1-12-7-8-16(13(2)9-12)17-10-14-5-4-6-15(14)11-18(17)3;;;;/h2*4-14H,1-3H3;2*7-11H,4-6H2,1-3H3;4*1H4/q4*+1;;;;/i;;1D3,5D2,6D2;;;;;. The van der Waals surface area contributed by atoms with Gasteiger partial charge >= 0.3 is 0 Å². The average molecular weight is 1100 g/mol. The Morgan fingerprint density at radius 3 is 1.16 bits per heavy atom. The van der Waals surface area contributed by atoms with Crippen LogP contribution in [0.2, 0.25) is 0 Å². The van der Waals surface area contributed by atoms with Crippen LogP contribution < -0.4 is 18.3 Å². The predicted molar refractivity (Wildman–Crippen MR) is 352 cm³/mol. The minimum absolute atomic E-state index is 0. The fourth-order valence-corrected chi connectivity index (χ4v) is 11.0. The average Bonchev–Trinajstić information content (AvgIpc) is 1.64. The number of aromatic nitrogens is 4. The summed E-state index contributed by atoms with van der Waals surface area (Å²) in [5.41, 5.74) is 27.2. The summed E-state index contributed by atoms with van der Waals surface area (Å²) in [4.78, 5) is 0. The maximum atomic E-state index is 8.17. The van der Waals surface area contributed by atoms with Crippen LogP contribution in [-0.4, -0.2) is 0 Å². The molecule has 2 aliphatic carbocycles. The second-order valence-electron chi connectivity index (χ2n) is 21.2. The molecule has 424 valence electrons. The van der Waals surface area contributed by atoms with Crippen LogP contribution in [0.4, 0.5) is 0 Å². The molecule has 2 aliphatic rings. The van der Waals surface area contributed by atoms with Crippen molar-refractivity contribution in [3.05, 3.63) is 261 Å². The third-order valence-corrected chi connectivity index (χ3v) is 15.3. The predicted octanol–water partition coefficient (Wildman–Crippen LogP) is 18.0. The fourth-order valence-electron chi connectivity index (χ4n) is 11.0.